The third kappa shape index (κ3) is 3.32. The van der Waals surface area contributed by atoms with Crippen LogP contribution in [0.2, 0.25) is 0 Å². The second-order valence-electron chi connectivity index (χ2n) is 4.70. The van der Waals surface area contributed by atoms with Crippen LogP contribution >= 0.6 is 0 Å². The summed E-state index contributed by atoms with van der Waals surface area (Å²) in [5, 5.41) is 2.77. The summed E-state index contributed by atoms with van der Waals surface area (Å²) in [6.45, 7) is 4.04. The molecule has 104 valence electrons. The van der Waals surface area contributed by atoms with E-state index in [2.05, 4.69) is 15.3 Å². The molecule has 2 N–H and O–H groups in total. The van der Waals surface area contributed by atoms with E-state index < -0.39 is 0 Å². The van der Waals surface area contributed by atoms with E-state index in [1.807, 2.05) is 12.1 Å². The number of aromatic amines is 1. The number of amides is 1. The minimum atomic E-state index is -0.344. The van der Waals surface area contributed by atoms with Gasteiger partial charge in [-0.05, 0) is 49.6 Å². The number of hydrogen-bond donors (Lipinski definition) is 2. The Morgan fingerprint density at radius 2 is 2.00 bits per heavy atom. The quantitative estimate of drug-likeness (QED) is 0.881. The molecule has 2 heterocycles. The Labute approximate surface area is 117 Å². The average molecular weight is 271 g/mol. The summed E-state index contributed by atoms with van der Waals surface area (Å²) in [4.78, 5) is 30.4. The number of H-pyrrole nitrogens is 1. The molecule has 0 fully saturated rings. The number of aryl methyl sites for hydroxylation is 2. The average Bonchev–Trinajstić information content (AvgIpc) is 2.38. The lowest BCUT2D eigenvalue weighted by Crippen LogP contribution is -2.32. The van der Waals surface area contributed by atoms with Crippen LogP contribution in [0.3, 0.4) is 0 Å². The smallest absolute Gasteiger partial charge is 0.261 e. The molecule has 0 aliphatic carbocycles. The van der Waals surface area contributed by atoms with E-state index in [-0.39, 0.29) is 17.0 Å². The van der Waals surface area contributed by atoms with E-state index in [0.717, 1.165) is 11.3 Å². The van der Waals surface area contributed by atoms with Crippen LogP contribution in [0.5, 0.6) is 0 Å². The Morgan fingerprint density at radius 3 is 2.65 bits per heavy atom. The van der Waals surface area contributed by atoms with Gasteiger partial charge in [-0.25, -0.2) is 0 Å². The van der Waals surface area contributed by atoms with Crippen LogP contribution in [0.15, 0.2) is 35.4 Å². The van der Waals surface area contributed by atoms with Crippen LogP contribution in [0.1, 0.15) is 27.2 Å². The third-order valence-corrected chi connectivity index (χ3v) is 3.04. The molecule has 0 spiro atoms. The fourth-order valence-corrected chi connectivity index (χ4v) is 2.09. The predicted octanol–water partition coefficient (Wildman–Crippen LogP) is 1.36. The summed E-state index contributed by atoms with van der Waals surface area (Å²) < 4.78 is 0. The van der Waals surface area contributed by atoms with Crippen molar-refractivity contribution in [2.75, 3.05) is 6.54 Å². The van der Waals surface area contributed by atoms with Crippen LogP contribution in [0, 0.1) is 13.8 Å². The molecule has 0 bridgehead atoms. The van der Waals surface area contributed by atoms with Crippen LogP contribution < -0.4 is 10.9 Å². The third-order valence-electron chi connectivity index (χ3n) is 3.04. The lowest BCUT2D eigenvalue weighted by molar-refractivity contribution is 0.0952. The van der Waals surface area contributed by atoms with Gasteiger partial charge in [0.25, 0.3) is 11.5 Å². The summed E-state index contributed by atoms with van der Waals surface area (Å²) in [5.74, 6) is -0.335. The molecular weight excluding hydrogens is 254 g/mol. The van der Waals surface area contributed by atoms with Gasteiger partial charge >= 0.3 is 0 Å². The van der Waals surface area contributed by atoms with Gasteiger partial charge in [0.15, 0.2) is 0 Å². The van der Waals surface area contributed by atoms with Crippen molar-refractivity contribution < 1.29 is 4.79 Å². The number of pyridine rings is 2. The highest BCUT2D eigenvalue weighted by atomic mass is 16.2. The maximum atomic E-state index is 12.0. The largest absolute Gasteiger partial charge is 0.352 e. The molecule has 0 atom stereocenters. The Hall–Kier alpha value is -2.43. The Morgan fingerprint density at radius 1 is 1.30 bits per heavy atom. The highest BCUT2D eigenvalue weighted by Crippen LogP contribution is 2.03. The van der Waals surface area contributed by atoms with Gasteiger partial charge in [-0.2, -0.15) is 0 Å². The first-order valence-electron chi connectivity index (χ1n) is 6.45. The molecule has 5 nitrogen and oxygen atoms in total. The molecule has 2 aromatic heterocycles. The minimum Gasteiger partial charge on any atom is -0.352 e. The van der Waals surface area contributed by atoms with E-state index in [0.29, 0.717) is 18.5 Å². The number of rotatable bonds is 4. The normalized spacial score (nSPS) is 10.3. The van der Waals surface area contributed by atoms with Crippen LogP contribution in [0.4, 0.5) is 0 Å². The molecule has 0 aliphatic rings. The number of nitrogens with one attached hydrogen (secondary N) is 2. The molecule has 0 unspecified atom stereocenters. The zero-order valence-corrected chi connectivity index (χ0v) is 11.6. The van der Waals surface area contributed by atoms with Gasteiger partial charge in [-0.3, -0.25) is 14.6 Å². The maximum absolute atomic E-state index is 12.0. The van der Waals surface area contributed by atoms with Gasteiger partial charge in [0.1, 0.15) is 5.56 Å². The lowest BCUT2D eigenvalue weighted by atomic mass is 10.1. The molecule has 2 aromatic rings. The highest BCUT2D eigenvalue weighted by molar-refractivity contribution is 5.95. The number of nitrogens with zero attached hydrogens (tertiary/aromatic N) is 1. The molecule has 20 heavy (non-hydrogen) atoms. The first kappa shape index (κ1) is 14.0. The number of aromatic nitrogens is 2. The summed E-state index contributed by atoms with van der Waals surface area (Å²) in [7, 11) is 0. The predicted molar refractivity (Wildman–Crippen MR) is 76.8 cm³/mol. The molecule has 0 aliphatic heterocycles. The first-order valence-corrected chi connectivity index (χ1v) is 6.45. The van der Waals surface area contributed by atoms with Gasteiger partial charge in [0.05, 0.1) is 0 Å². The zero-order chi connectivity index (χ0) is 14.5. The van der Waals surface area contributed by atoms with Crippen molar-refractivity contribution in [3.05, 3.63) is 63.3 Å². The number of carbonyl (C=O) groups is 1. The molecule has 2 rings (SSSR count). The van der Waals surface area contributed by atoms with E-state index in [9.17, 15) is 9.59 Å². The Balaban J connectivity index is 2.01. The molecular formula is C15H17N3O2. The van der Waals surface area contributed by atoms with Gasteiger partial charge < -0.3 is 10.3 Å². The summed E-state index contributed by atoms with van der Waals surface area (Å²) in [5.41, 5.74) is 2.37. The van der Waals surface area contributed by atoms with Crippen molar-refractivity contribution in [2.24, 2.45) is 0 Å². The van der Waals surface area contributed by atoms with Gasteiger partial charge in [0.2, 0.25) is 0 Å². The maximum Gasteiger partial charge on any atom is 0.261 e. The Bertz CT molecular complexity index is 663. The molecule has 1 amide bonds. The fraction of sp³-hybridized carbons (Fsp3) is 0.267. The number of carbonyl (C=O) groups excluding carboxylic acids is 1. The van der Waals surface area contributed by atoms with Crippen molar-refractivity contribution in [3.63, 3.8) is 0 Å². The van der Waals surface area contributed by atoms with Crippen molar-refractivity contribution >= 4 is 5.91 Å². The van der Waals surface area contributed by atoms with Crippen LogP contribution in [0.25, 0.3) is 0 Å². The van der Waals surface area contributed by atoms with E-state index in [4.69, 9.17) is 0 Å². The van der Waals surface area contributed by atoms with Crippen molar-refractivity contribution in [2.45, 2.75) is 20.3 Å². The molecule has 5 heteroatoms. The SMILES string of the molecule is Cc1cc(C)c(C(=O)NCCc2ccncc2)c(=O)[nH]1. The highest BCUT2D eigenvalue weighted by Gasteiger charge is 2.13. The van der Waals surface area contributed by atoms with Gasteiger partial charge in [0, 0.05) is 24.6 Å². The van der Waals surface area contributed by atoms with Crippen molar-refractivity contribution in [1.29, 1.82) is 0 Å². The molecule has 0 saturated carbocycles. The first-order chi connectivity index (χ1) is 9.58. The molecule has 0 saturated heterocycles. The number of hydrogen-bond acceptors (Lipinski definition) is 3. The van der Waals surface area contributed by atoms with E-state index in [1.54, 1.807) is 32.3 Å². The Kier molecular flexibility index (Phi) is 4.30. The van der Waals surface area contributed by atoms with Crippen LogP contribution in [-0.2, 0) is 6.42 Å². The molecule has 0 aromatic carbocycles. The monoisotopic (exact) mass is 271 g/mol. The second-order valence-corrected chi connectivity index (χ2v) is 4.70. The van der Waals surface area contributed by atoms with Crippen LogP contribution in [-0.4, -0.2) is 22.4 Å². The second kappa shape index (κ2) is 6.14. The van der Waals surface area contributed by atoms with Gasteiger partial charge in [-0.1, -0.05) is 0 Å². The molecule has 0 radical (unpaired) electrons. The minimum absolute atomic E-state index is 0.185. The fourth-order valence-electron chi connectivity index (χ4n) is 2.09. The summed E-state index contributed by atoms with van der Waals surface area (Å²) >= 11 is 0. The van der Waals surface area contributed by atoms with Crippen molar-refractivity contribution in [3.8, 4) is 0 Å². The topological polar surface area (TPSA) is 74.8 Å². The standard InChI is InChI=1S/C15H17N3O2/c1-10-9-11(2)18-15(20)13(10)14(19)17-8-5-12-3-6-16-7-4-12/h3-4,6-7,9H,5,8H2,1-2H3,(H,17,19)(H,18,20). The zero-order valence-electron chi connectivity index (χ0n) is 11.6. The summed E-state index contributed by atoms with van der Waals surface area (Å²) in [6.07, 6.45) is 4.13. The lowest BCUT2D eigenvalue weighted by Gasteiger charge is -2.07. The van der Waals surface area contributed by atoms with Crippen molar-refractivity contribution in [1.82, 2.24) is 15.3 Å². The summed E-state index contributed by atoms with van der Waals surface area (Å²) in [6, 6.07) is 5.59. The van der Waals surface area contributed by atoms with E-state index in [1.165, 1.54) is 0 Å². The van der Waals surface area contributed by atoms with Gasteiger partial charge in [-0.15, -0.1) is 0 Å². The van der Waals surface area contributed by atoms with E-state index >= 15 is 0 Å².